The molecule has 0 atom stereocenters. The molecular weight excluding hydrogens is 268 g/mol. The molecule has 0 unspecified atom stereocenters. The van der Waals surface area contributed by atoms with Crippen molar-refractivity contribution in [3.8, 4) is 5.40 Å². The lowest BCUT2D eigenvalue weighted by Gasteiger charge is -2.13. The monoisotopic (exact) mass is 284 g/mol. The van der Waals surface area contributed by atoms with Crippen LogP contribution in [0.25, 0.3) is 0 Å². The number of rotatable bonds is 3. The molecule has 4 nitrogen and oxygen atoms in total. The first kappa shape index (κ1) is 15.7. The van der Waals surface area contributed by atoms with E-state index in [-0.39, 0.29) is 0 Å². The topological polar surface area (TPSA) is 51.8 Å². The Labute approximate surface area is 124 Å². The minimum atomic E-state index is 0.862. The van der Waals surface area contributed by atoms with Crippen molar-refractivity contribution >= 4 is 29.7 Å². The van der Waals surface area contributed by atoms with Crippen LogP contribution in [0.2, 0.25) is 0 Å². The Morgan fingerprint density at radius 3 is 2.10 bits per heavy atom. The molecule has 20 heavy (non-hydrogen) atoms. The number of azo groups is 1. The number of hydrogen-bond donors (Lipinski definition) is 1. The molecule has 102 valence electrons. The Hall–Kier alpha value is -2.32. The highest BCUT2D eigenvalue weighted by atomic mass is 32.1. The molecule has 0 aliphatic carbocycles. The molecule has 0 bridgehead atoms. The second-order valence-corrected chi connectivity index (χ2v) is 4.22. The van der Waals surface area contributed by atoms with Crippen LogP contribution >= 0.6 is 12.6 Å². The molecule has 0 radical (unpaired) electrons. The zero-order valence-corrected chi connectivity index (χ0v) is 12.3. The molecule has 0 saturated heterocycles. The van der Waals surface area contributed by atoms with Gasteiger partial charge in [-0.15, -0.1) is 5.11 Å². The molecule has 0 amide bonds. The Morgan fingerprint density at radius 1 is 0.950 bits per heavy atom. The fourth-order valence-corrected chi connectivity index (χ4v) is 1.53. The van der Waals surface area contributed by atoms with Crippen LogP contribution in [0.15, 0.2) is 64.8 Å². The van der Waals surface area contributed by atoms with Crippen LogP contribution in [0.5, 0.6) is 0 Å². The highest BCUT2D eigenvalue weighted by molar-refractivity contribution is 7.85. The Morgan fingerprint density at radius 2 is 1.50 bits per heavy atom. The first-order valence-electron chi connectivity index (χ1n) is 5.95. The van der Waals surface area contributed by atoms with Gasteiger partial charge in [0, 0.05) is 14.1 Å². The van der Waals surface area contributed by atoms with Crippen LogP contribution in [-0.2, 0) is 0 Å². The summed E-state index contributed by atoms with van der Waals surface area (Å²) in [5.41, 5.74) is 2.80. The zero-order valence-electron chi connectivity index (χ0n) is 11.4. The molecule has 0 N–H and O–H groups in total. The van der Waals surface area contributed by atoms with Crippen LogP contribution in [0.1, 0.15) is 0 Å². The average Bonchev–Trinajstić information content (AvgIpc) is 2.47. The second-order valence-electron chi connectivity index (χ2n) is 4.02. The number of nitrogens with zero attached hydrogens (tertiary/aromatic N) is 4. The van der Waals surface area contributed by atoms with Gasteiger partial charge in [-0.2, -0.15) is 10.4 Å². The van der Waals surface area contributed by atoms with Crippen molar-refractivity contribution in [1.29, 1.82) is 5.26 Å². The van der Waals surface area contributed by atoms with E-state index >= 15 is 0 Å². The molecule has 2 rings (SSSR count). The lowest BCUT2D eigenvalue weighted by Crippen LogP contribution is -2.08. The molecule has 0 aliphatic rings. The van der Waals surface area contributed by atoms with Crippen LogP contribution < -0.4 is 4.90 Å². The van der Waals surface area contributed by atoms with E-state index in [1.807, 2.05) is 73.6 Å². The third kappa shape index (κ3) is 5.12. The van der Waals surface area contributed by atoms with Gasteiger partial charge in [0.25, 0.3) is 0 Å². The summed E-state index contributed by atoms with van der Waals surface area (Å²) in [6, 6.07) is 17.7. The van der Waals surface area contributed by atoms with Crippen molar-refractivity contribution in [2.24, 2.45) is 10.2 Å². The lowest BCUT2D eigenvalue weighted by atomic mass is 10.2. The maximum Gasteiger partial charge on any atom is 0.130 e. The number of para-hydroxylation sites is 1. The van der Waals surface area contributed by atoms with E-state index in [2.05, 4.69) is 22.9 Å². The van der Waals surface area contributed by atoms with Crippen molar-refractivity contribution in [2.75, 3.05) is 19.0 Å². The first-order valence-corrected chi connectivity index (χ1v) is 6.40. The van der Waals surface area contributed by atoms with E-state index in [0.717, 1.165) is 17.1 Å². The van der Waals surface area contributed by atoms with Gasteiger partial charge in [0.05, 0.1) is 11.4 Å². The smallest absolute Gasteiger partial charge is 0.130 e. The van der Waals surface area contributed by atoms with E-state index in [4.69, 9.17) is 5.26 Å². The summed E-state index contributed by atoms with van der Waals surface area (Å²) in [6.45, 7) is 0. The van der Waals surface area contributed by atoms with E-state index in [0.29, 0.717) is 0 Å². The molecule has 0 aromatic heterocycles. The van der Waals surface area contributed by atoms with Gasteiger partial charge in [-0.05, 0) is 24.3 Å². The number of benzene rings is 2. The van der Waals surface area contributed by atoms with Gasteiger partial charge in [0.15, 0.2) is 0 Å². The normalized spacial score (nSPS) is 9.50. The van der Waals surface area contributed by atoms with E-state index in [1.54, 1.807) is 0 Å². The van der Waals surface area contributed by atoms with Gasteiger partial charge in [-0.3, -0.25) is 0 Å². The summed E-state index contributed by atoms with van der Waals surface area (Å²) in [7, 11) is 3.99. The van der Waals surface area contributed by atoms with E-state index in [9.17, 15) is 0 Å². The molecule has 0 aliphatic heterocycles. The van der Waals surface area contributed by atoms with E-state index in [1.165, 1.54) is 5.40 Å². The van der Waals surface area contributed by atoms with Crippen LogP contribution in [0, 0.1) is 10.7 Å². The second kappa shape index (κ2) is 8.73. The Bertz CT molecular complexity index is 588. The summed E-state index contributed by atoms with van der Waals surface area (Å²) in [6.07, 6.45) is 0. The van der Waals surface area contributed by atoms with Gasteiger partial charge < -0.3 is 4.90 Å². The minimum Gasteiger partial charge on any atom is -0.376 e. The molecule has 0 saturated carbocycles. The van der Waals surface area contributed by atoms with Crippen molar-refractivity contribution in [2.45, 2.75) is 0 Å². The van der Waals surface area contributed by atoms with Crippen LogP contribution in [0.3, 0.4) is 0 Å². The summed E-state index contributed by atoms with van der Waals surface area (Å²) in [5, 5.41) is 17.1. The highest BCUT2D eigenvalue weighted by Gasteiger charge is 2.01. The Balaban J connectivity index is 0.000000612. The zero-order chi connectivity index (χ0) is 14.8. The summed E-state index contributed by atoms with van der Waals surface area (Å²) >= 11 is 3.09. The molecule has 0 spiro atoms. The molecular formula is C15H16N4S. The van der Waals surface area contributed by atoms with Crippen molar-refractivity contribution in [3.05, 3.63) is 54.6 Å². The summed E-state index contributed by atoms with van der Waals surface area (Å²) < 4.78 is 0. The summed E-state index contributed by atoms with van der Waals surface area (Å²) in [5.74, 6) is 0. The maximum absolute atomic E-state index is 7.18. The standard InChI is InChI=1S/C14H15N3.CHNS/c1-17(2)14-11-7-6-10-13(14)16-15-12-8-4-3-5-9-12;2-1-3/h3-11H,1-2H3;3H. The number of hydrogen-bond acceptors (Lipinski definition) is 5. The number of nitriles is 1. The fourth-order valence-electron chi connectivity index (χ4n) is 1.53. The van der Waals surface area contributed by atoms with Gasteiger partial charge in [0.2, 0.25) is 0 Å². The van der Waals surface area contributed by atoms with Gasteiger partial charge >= 0.3 is 0 Å². The number of thiol groups is 1. The molecule has 2 aromatic rings. The number of thiocyanates is 1. The SMILES string of the molecule is CN(C)c1ccccc1N=Nc1ccccc1.N#CS. The van der Waals surface area contributed by atoms with Crippen molar-refractivity contribution in [3.63, 3.8) is 0 Å². The van der Waals surface area contributed by atoms with Crippen LogP contribution in [-0.4, -0.2) is 14.1 Å². The fraction of sp³-hybridized carbons (Fsp3) is 0.133. The van der Waals surface area contributed by atoms with Crippen molar-refractivity contribution < 1.29 is 0 Å². The molecule has 0 fully saturated rings. The predicted octanol–water partition coefficient (Wildman–Crippen LogP) is 4.57. The van der Waals surface area contributed by atoms with E-state index < -0.39 is 0 Å². The highest BCUT2D eigenvalue weighted by Crippen LogP contribution is 2.28. The van der Waals surface area contributed by atoms with Gasteiger partial charge in [-0.1, -0.05) is 43.0 Å². The molecule has 5 heteroatoms. The largest absolute Gasteiger partial charge is 0.376 e. The average molecular weight is 284 g/mol. The molecule has 0 heterocycles. The third-order valence-electron chi connectivity index (χ3n) is 2.39. The first-order chi connectivity index (χ1) is 9.69. The van der Waals surface area contributed by atoms with Crippen molar-refractivity contribution in [1.82, 2.24) is 0 Å². The van der Waals surface area contributed by atoms with Gasteiger partial charge in [-0.25, -0.2) is 0 Å². The number of anilines is 1. The maximum atomic E-state index is 7.18. The predicted molar refractivity (Wildman–Crippen MR) is 86.0 cm³/mol. The lowest BCUT2D eigenvalue weighted by molar-refractivity contribution is 1.11. The summed E-state index contributed by atoms with van der Waals surface area (Å²) in [4.78, 5) is 2.03. The molecule has 2 aromatic carbocycles. The Kier molecular flexibility index (Phi) is 6.87. The van der Waals surface area contributed by atoms with Gasteiger partial charge in [0.1, 0.15) is 11.1 Å². The van der Waals surface area contributed by atoms with Crippen LogP contribution in [0.4, 0.5) is 17.1 Å². The third-order valence-corrected chi connectivity index (χ3v) is 2.39. The quantitative estimate of drug-likeness (QED) is 0.510. The minimum absolute atomic E-state index is 0.862.